The average Bonchev–Trinajstić information content (AvgIpc) is 2.98. The number of rotatable bonds is 8. The summed E-state index contributed by atoms with van der Waals surface area (Å²) in [6.45, 7) is 3.86. The number of pyridine rings is 1. The number of aliphatic hydroxyl groups excluding tert-OH is 1. The number of benzene rings is 2. The highest BCUT2D eigenvalue weighted by atomic mass is 16.5. The Kier molecular flexibility index (Phi) is 8.68. The summed E-state index contributed by atoms with van der Waals surface area (Å²) in [5.41, 5.74) is 3.69. The van der Waals surface area contributed by atoms with E-state index in [9.17, 15) is 9.90 Å². The molecule has 0 unspecified atom stereocenters. The third kappa shape index (κ3) is 6.41. The predicted octanol–water partition coefficient (Wildman–Crippen LogP) is 5.00. The summed E-state index contributed by atoms with van der Waals surface area (Å²) in [6, 6.07) is 20.0. The molecule has 1 aliphatic carbocycles. The topological polar surface area (TPSA) is 75.1 Å². The molecule has 0 atom stereocenters. The summed E-state index contributed by atoms with van der Waals surface area (Å²) in [5.74, 6) is 1.57. The van der Waals surface area contributed by atoms with E-state index >= 15 is 0 Å². The van der Waals surface area contributed by atoms with Gasteiger partial charge < -0.3 is 19.5 Å². The van der Waals surface area contributed by atoms with Crippen molar-refractivity contribution in [3.63, 3.8) is 0 Å². The van der Waals surface area contributed by atoms with Crippen LogP contribution in [0.3, 0.4) is 0 Å². The van der Waals surface area contributed by atoms with Gasteiger partial charge in [0.2, 0.25) is 0 Å². The first kappa shape index (κ1) is 26.4. The molecule has 7 heteroatoms. The highest BCUT2D eigenvalue weighted by Crippen LogP contribution is 2.36. The molecule has 1 saturated heterocycles. The van der Waals surface area contributed by atoms with Gasteiger partial charge in [0.1, 0.15) is 17.2 Å². The quantitative estimate of drug-likeness (QED) is 0.455. The molecule has 38 heavy (non-hydrogen) atoms. The fourth-order valence-corrected chi connectivity index (χ4v) is 5.52. The van der Waals surface area contributed by atoms with Crippen molar-refractivity contribution in [3.05, 3.63) is 89.2 Å². The molecule has 0 spiro atoms. The molecule has 1 amide bonds. The maximum Gasteiger partial charge on any atom is 0.272 e. The van der Waals surface area contributed by atoms with Crippen LogP contribution in [0.4, 0.5) is 0 Å². The molecular formula is C31H37N3O4. The summed E-state index contributed by atoms with van der Waals surface area (Å²) in [7, 11) is 1.78. The van der Waals surface area contributed by atoms with E-state index in [0.29, 0.717) is 42.3 Å². The van der Waals surface area contributed by atoms with Gasteiger partial charge in [-0.3, -0.25) is 9.69 Å². The SMILES string of the molecule is COC1CCC(c2ccc(Oc3ccc(C(=O)N4CCN(Cc5ccccc5)CC4)nc3)c(CO)c2)CC1. The van der Waals surface area contributed by atoms with Crippen molar-refractivity contribution in [2.24, 2.45) is 0 Å². The van der Waals surface area contributed by atoms with E-state index < -0.39 is 0 Å². The summed E-state index contributed by atoms with van der Waals surface area (Å²) < 4.78 is 11.5. The van der Waals surface area contributed by atoms with Gasteiger partial charge >= 0.3 is 0 Å². The van der Waals surface area contributed by atoms with Crippen LogP contribution >= 0.6 is 0 Å². The molecule has 0 bridgehead atoms. The lowest BCUT2D eigenvalue weighted by molar-refractivity contribution is 0.0622. The molecule has 1 saturated carbocycles. The van der Waals surface area contributed by atoms with E-state index in [1.165, 1.54) is 11.1 Å². The summed E-state index contributed by atoms with van der Waals surface area (Å²) in [4.78, 5) is 21.7. The van der Waals surface area contributed by atoms with E-state index in [1.54, 1.807) is 25.4 Å². The van der Waals surface area contributed by atoms with Crippen LogP contribution in [0.25, 0.3) is 0 Å². The Balaban J connectivity index is 1.16. The minimum Gasteiger partial charge on any atom is -0.455 e. The second-order valence-electron chi connectivity index (χ2n) is 10.3. The number of aliphatic hydroxyl groups is 1. The number of piperazine rings is 1. The van der Waals surface area contributed by atoms with Crippen LogP contribution in [0, 0.1) is 0 Å². The highest BCUT2D eigenvalue weighted by Gasteiger charge is 2.24. The van der Waals surface area contributed by atoms with Crippen molar-refractivity contribution >= 4 is 5.91 Å². The maximum atomic E-state index is 13.0. The fourth-order valence-electron chi connectivity index (χ4n) is 5.52. The van der Waals surface area contributed by atoms with Crippen LogP contribution in [-0.2, 0) is 17.9 Å². The number of ether oxygens (including phenoxy) is 2. The van der Waals surface area contributed by atoms with Gasteiger partial charge in [-0.2, -0.15) is 0 Å². The van der Waals surface area contributed by atoms with Gasteiger partial charge in [-0.15, -0.1) is 0 Å². The Labute approximate surface area is 225 Å². The van der Waals surface area contributed by atoms with Crippen molar-refractivity contribution in [3.8, 4) is 11.5 Å². The van der Waals surface area contributed by atoms with Crippen LogP contribution in [0.2, 0.25) is 0 Å². The van der Waals surface area contributed by atoms with E-state index in [2.05, 4.69) is 46.3 Å². The largest absolute Gasteiger partial charge is 0.455 e. The first-order valence-corrected chi connectivity index (χ1v) is 13.6. The number of carbonyl (C=O) groups is 1. The summed E-state index contributed by atoms with van der Waals surface area (Å²) >= 11 is 0. The second-order valence-corrected chi connectivity index (χ2v) is 10.3. The number of hydrogen-bond acceptors (Lipinski definition) is 6. The van der Waals surface area contributed by atoms with Gasteiger partial charge in [0.15, 0.2) is 0 Å². The lowest BCUT2D eigenvalue weighted by Crippen LogP contribution is -2.48. The first-order valence-electron chi connectivity index (χ1n) is 13.6. The van der Waals surface area contributed by atoms with Crippen molar-refractivity contribution < 1.29 is 19.4 Å². The molecule has 2 aliphatic rings. The molecule has 3 aromatic rings. The lowest BCUT2D eigenvalue weighted by Gasteiger charge is -2.34. The van der Waals surface area contributed by atoms with Gasteiger partial charge in [-0.1, -0.05) is 36.4 Å². The molecule has 2 fully saturated rings. The third-order valence-corrected chi connectivity index (χ3v) is 7.83. The summed E-state index contributed by atoms with van der Waals surface area (Å²) in [6.07, 6.45) is 6.25. The van der Waals surface area contributed by atoms with Crippen molar-refractivity contribution in [1.29, 1.82) is 0 Å². The third-order valence-electron chi connectivity index (χ3n) is 7.83. The zero-order valence-corrected chi connectivity index (χ0v) is 22.1. The Morgan fingerprint density at radius 2 is 1.74 bits per heavy atom. The Morgan fingerprint density at radius 1 is 0.974 bits per heavy atom. The van der Waals surface area contributed by atoms with Gasteiger partial charge in [0.25, 0.3) is 5.91 Å². The lowest BCUT2D eigenvalue weighted by atomic mass is 9.82. The van der Waals surface area contributed by atoms with E-state index in [0.717, 1.165) is 50.9 Å². The molecule has 200 valence electrons. The standard InChI is InChI=1S/C31H37N3O4/c1-37-27-10-7-24(8-11-27)25-9-14-30(26(19-25)22-35)38-28-12-13-29(32-20-28)31(36)34-17-15-33(16-18-34)21-23-5-3-2-4-6-23/h2-6,9,12-14,19-20,24,27,35H,7-8,10-11,15-18,21-22H2,1H3. The molecule has 1 N–H and O–H groups in total. The Hall–Kier alpha value is -3.26. The smallest absolute Gasteiger partial charge is 0.272 e. The molecule has 1 aliphatic heterocycles. The highest BCUT2D eigenvalue weighted by molar-refractivity contribution is 5.92. The minimum absolute atomic E-state index is 0.0560. The molecule has 0 radical (unpaired) electrons. The molecule has 2 heterocycles. The zero-order chi connectivity index (χ0) is 26.3. The number of methoxy groups -OCH3 is 1. The fraction of sp³-hybridized carbons (Fsp3) is 0.419. The number of hydrogen-bond donors (Lipinski definition) is 1. The van der Waals surface area contributed by atoms with Gasteiger partial charge in [0.05, 0.1) is 18.9 Å². The van der Waals surface area contributed by atoms with Crippen LogP contribution in [0.15, 0.2) is 66.9 Å². The van der Waals surface area contributed by atoms with E-state index in [4.69, 9.17) is 9.47 Å². The molecular weight excluding hydrogens is 478 g/mol. The Bertz CT molecular complexity index is 1190. The van der Waals surface area contributed by atoms with Crippen molar-refractivity contribution in [2.75, 3.05) is 33.3 Å². The first-order chi connectivity index (χ1) is 18.6. The maximum absolute atomic E-state index is 13.0. The normalized spacial score (nSPS) is 20.3. The summed E-state index contributed by atoms with van der Waals surface area (Å²) in [5, 5.41) is 9.99. The molecule has 5 rings (SSSR count). The van der Waals surface area contributed by atoms with E-state index in [-0.39, 0.29) is 12.5 Å². The molecule has 2 aromatic carbocycles. The number of aromatic nitrogens is 1. The van der Waals surface area contributed by atoms with Crippen LogP contribution in [-0.4, -0.2) is 65.2 Å². The van der Waals surface area contributed by atoms with Crippen LogP contribution in [0.1, 0.15) is 58.8 Å². The molecule has 7 nitrogen and oxygen atoms in total. The number of nitrogens with zero attached hydrogens (tertiary/aromatic N) is 3. The van der Waals surface area contributed by atoms with Gasteiger partial charge in [-0.25, -0.2) is 4.98 Å². The average molecular weight is 516 g/mol. The predicted molar refractivity (Wildman–Crippen MR) is 146 cm³/mol. The Morgan fingerprint density at radius 3 is 2.39 bits per heavy atom. The molecule has 1 aromatic heterocycles. The number of amides is 1. The minimum atomic E-state index is -0.100. The van der Waals surface area contributed by atoms with E-state index in [1.807, 2.05) is 17.0 Å². The van der Waals surface area contributed by atoms with Crippen LogP contribution in [0.5, 0.6) is 11.5 Å². The van der Waals surface area contributed by atoms with Crippen molar-refractivity contribution in [1.82, 2.24) is 14.8 Å². The number of carbonyl (C=O) groups excluding carboxylic acids is 1. The van der Waals surface area contributed by atoms with Crippen molar-refractivity contribution in [2.45, 2.75) is 50.9 Å². The zero-order valence-electron chi connectivity index (χ0n) is 22.1. The van der Waals surface area contributed by atoms with Gasteiger partial charge in [0, 0.05) is 45.4 Å². The second kappa shape index (κ2) is 12.5. The van der Waals surface area contributed by atoms with Crippen LogP contribution < -0.4 is 4.74 Å². The van der Waals surface area contributed by atoms with Gasteiger partial charge in [-0.05, 0) is 67.0 Å². The monoisotopic (exact) mass is 515 g/mol.